The molecule has 60 heavy (non-hydrogen) atoms. The number of nitrogens with one attached hydrogen (secondary N) is 3. The lowest BCUT2D eigenvalue weighted by Crippen LogP contribution is -2.59. The SMILES string of the molecule is CC[C@H](C)[C@@H]([C@@H](CC(=O)N1CCC[C@H]1[C@H](OC)[C@@H](C)C(=O)N[C@@H](Cc1ccccc1)C(=O)NCC1CCCCC1)OC)N(C)C(=O)[C@@H](NC(=O)[C@H](C(C)C)N(C)C)C(C)C. The Balaban J connectivity index is 1.78. The third-order valence-corrected chi connectivity index (χ3v) is 13.2. The van der Waals surface area contributed by atoms with Gasteiger partial charge in [0.2, 0.25) is 29.5 Å². The molecule has 13 heteroatoms. The average Bonchev–Trinajstić information content (AvgIpc) is 3.71. The minimum absolute atomic E-state index is 0.0196. The van der Waals surface area contributed by atoms with Gasteiger partial charge < -0.3 is 35.2 Å². The third-order valence-electron chi connectivity index (χ3n) is 13.2. The van der Waals surface area contributed by atoms with Crippen LogP contribution in [0.15, 0.2) is 30.3 Å². The van der Waals surface area contributed by atoms with Gasteiger partial charge in [0.15, 0.2) is 0 Å². The van der Waals surface area contributed by atoms with Gasteiger partial charge in [-0.2, -0.15) is 0 Å². The molecule has 1 aromatic carbocycles. The normalized spacial score (nSPS) is 20.2. The lowest BCUT2D eigenvalue weighted by atomic mass is 9.89. The smallest absolute Gasteiger partial charge is 0.245 e. The number of rotatable bonds is 23. The second-order valence-corrected chi connectivity index (χ2v) is 18.5. The van der Waals surface area contributed by atoms with Crippen LogP contribution in [0.5, 0.6) is 0 Å². The van der Waals surface area contributed by atoms with Crippen molar-refractivity contribution in [1.82, 2.24) is 30.7 Å². The Kier molecular flexibility index (Phi) is 21.0. The molecule has 2 fully saturated rings. The van der Waals surface area contributed by atoms with Crippen LogP contribution in [0.4, 0.5) is 0 Å². The van der Waals surface area contributed by atoms with E-state index in [0.29, 0.717) is 31.8 Å². The van der Waals surface area contributed by atoms with Crippen LogP contribution in [0, 0.1) is 29.6 Å². The molecule has 13 nitrogen and oxygen atoms in total. The number of ether oxygens (including phenoxy) is 2. The molecular formula is C47H80N6O7. The summed E-state index contributed by atoms with van der Waals surface area (Å²) in [7, 11) is 8.60. The van der Waals surface area contributed by atoms with E-state index < -0.39 is 42.3 Å². The second-order valence-electron chi connectivity index (χ2n) is 18.5. The van der Waals surface area contributed by atoms with Crippen molar-refractivity contribution in [1.29, 1.82) is 0 Å². The van der Waals surface area contributed by atoms with Gasteiger partial charge >= 0.3 is 0 Å². The summed E-state index contributed by atoms with van der Waals surface area (Å²) >= 11 is 0. The lowest BCUT2D eigenvalue weighted by molar-refractivity contribution is -0.148. The molecule has 9 atom stereocenters. The highest BCUT2D eigenvalue weighted by molar-refractivity contribution is 5.90. The van der Waals surface area contributed by atoms with E-state index >= 15 is 0 Å². The molecule has 1 saturated carbocycles. The van der Waals surface area contributed by atoms with E-state index in [4.69, 9.17) is 9.47 Å². The Bertz CT molecular complexity index is 1490. The maximum absolute atomic E-state index is 14.4. The standard InChI is InChI=1S/C47H80N6O7/c1-13-32(6)42(52(10)47(58)40(30(2)3)50-46(57)41(31(4)5)51(8)9)38(59-11)28-39(54)53-26-20-25-37(53)43(60-12)33(7)44(55)49-36(27-34-21-16-14-17-22-34)45(56)48-29-35-23-18-15-19-24-35/h14,16-17,21-22,30-33,35-38,40-43H,13,15,18-20,23-29H2,1-12H3,(H,48,56)(H,49,55)(H,50,57)/t32-,33+,36-,37-,38+,40-,41-,42-,43+/m0/s1. The Hall–Kier alpha value is -3.55. The van der Waals surface area contributed by atoms with Crippen LogP contribution in [0.3, 0.4) is 0 Å². The highest BCUT2D eigenvalue weighted by Crippen LogP contribution is 2.30. The number of benzene rings is 1. The Morgan fingerprint density at radius 1 is 0.800 bits per heavy atom. The van der Waals surface area contributed by atoms with Crippen molar-refractivity contribution in [2.45, 2.75) is 155 Å². The van der Waals surface area contributed by atoms with Gasteiger partial charge in [0, 0.05) is 40.8 Å². The number of carbonyl (C=O) groups excluding carboxylic acids is 5. The van der Waals surface area contributed by atoms with E-state index in [1.807, 2.05) is 88.8 Å². The fraction of sp³-hybridized carbons (Fsp3) is 0.766. The zero-order chi connectivity index (χ0) is 44.7. The average molecular weight is 841 g/mol. The molecule has 1 heterocycles. The molecule has 1 saturated heterocycles. The van der Waals surface area contributed by atoms with Crippen LogP contribution in [0.1, 0.15) is 112 Å². The van der Waals surface area contributed by atoms with E-state index in [1.165, 1.54) is 19.3 Å². The number of carbonyl (C=O) groups is 5. The summed E-state index contributed by atoms with van der Waals surface area (Å²) in [6.07, 6.45) is 7.05. The highest BCUT2D eigenvalue weighted by atomic mass is 16.5. The maximum Gasteiger partial charge on any atom is 0.245 e. The first-order valence-electron chi connectivity index (χ1n) is 22.7. The number of amides is 5. The molecule has 3 N–H and O–H groups in total. The molecule has 1 aromatic rings. The molecule has 0 bridgehead atoms. The van der Waals surface area contributed by atoms with Crippen LogP contribution in [-0.4, -0.2) is 135 Å². The summed E-state index contributed by atoms with van der Waals surface area (Å²) in [6.45, 7) is 14.8. The molecule has 2 aliphatic rings. The van der Waals surface area contributed by atoms with E-state index in [9.17, 15) is 24.0 Å². The first kappa shape index (κ1) is 50.8. The predicted octanol–water partition coefficient (Wildman–Crippen LogP) is 5.06. The Morgan fingerprint density at radius 3 is 2.00 bits per heavy atom. The molecule has 0 unspecified atom stereocenters. The topological polar surface area (TPSA) is 150 Å². The van der Waals surface area contributed by atoms with Gasteiger partial charge in [0.25, 0.3) is 0 Å². The van der Waals surface area contributed by atoms with Crippen molar-refractivity contribution < 1.29 is 33.4 Å². The van der Waals surface area contributed by atoms with Crippen molar-refractivity contribution in [3.63, 3.8) is 0 Å². The van der Waals surface area contributed by atoms with Crippen molar-refractivity contribution in [3.8, 4) is 0 Å². The quantitative estimate of drug-likeness (QED) is 0.139. The molecule has 0 spiro atoms. The predicted molar refractivity (Wildman–Crippen MR) is 237 cm³/mol. The minimum atomic E-state index is -0.767. The van der Waals surface area contributed by atoms with E-state index in [-0.39, 0.29) is 59.8 Å². The van der Waals surface area contributed by atoms with Crippen LogP contribution in [-0.2, 0) is 39.9 Å². The Labute approximate surface area is 361 Å². The molecule has 1 aliphatic heterocycles. The summed E-state index contributed by atoms with van der Waals surface area (Å²) in [5.41, 5.74) is 0.948. The van der Waals surface area contributed by atoms with Gasteiger partial charge in [0.1, 0.15) is 12.1 Å². The van der Waals surface area contributed by atoms with Gasteiger partial charge in [-0.15, -0.1) is 0 Å². The van der Waals surface area contributed by atoms with E-state index in [0.717, 1.165) is 31.2 Å². The van der Waals surface area contributed by atoms with Crippen LogP contribution < -0.4 is 16.0 Å². The molecule has 3 rings (SSSR count). The van der Waals surface area contributed by atoms with Crippen LogP contribution in [0.2, 0.25) is 0 Å². The van der Waals surface area contributed by atoms with Gasteiger partial charge in [-0.1, -0.05) is 104 Å². The van der Waals surface area contributed by atoms with Crippen molar-refractivity contribution in [3.05, 3.63) is 35.9 Å². The highest BCUT2D eigenvalue weighted by Gasteiger charge is 2.43. The summed E-state index contributed by atoms with van der Waals surface area (Å²) in [5.74, 6) is -1.46. The number of hydrogen-bond acceptors (Lipinski definition) is 8. The Morgan fingerprint density at radius 2 is 1.45 bits per heavy atom. The third kappa shape index (κ3) is 14.0. The van der Waals surface area contributed by atoms with Crippen molar-refractivity contribution >= 4 is 29.5 Å². The minimum Gasteiger partial charge on any atom is -0.379 e. The van der Waals surface area contributed by atoms with Crippen LogP contribution >= 0.6 is 0 Å². The zero-order valence-corrected chi connectivity index (χ0v) is 39.0. The fourth-order valence-corrected chi connectivity index (χ4v) is 9.53. The number of hydrogen-bond donors (Lipinski definition) is 3. The molecule has 0 radical (unpaired) electrons. The fourth-order valence-electron chi connectivity index (χ4n) is 9.53. The van der Waals surface area contributed by atoms with Gasteiger partial charge in [-0.25, -0.2) is 0 Å². The van der Waals surface area contributed by atoms with E-state index in [1.54, 1.807) is 33.1 Å². The first-order valence-corrected chi connectivity index (χ1v) is 22.7. The lowest BCUT2D eigenvalue weighted by Gasteiger charge is -2.41. The monoisotopic (exact) mass is 841 g/mol. The number of nitrogens with zero attached hydrogens (tertiary/aromatic N) is 3. The number of likely N-dealkylation sites (tertiary alicyclic amines) is 1. The molecule has 1 aliphatic carbocycles. The number of methoxy groups -OCH3 is 2. The van der Waals surface area contributed by atoms with Crippen LogP contribution in [0.25, 0.3) is 0 Å². The summed E-state index contributed by atoms with van der Waals surface area (Å²) in [5, 5.41) is 9.24. The first-order chi connectivity index (χ1) is 28.5. The van der Waals surface area contributed by atoms with Gasteiger partial charge in [-0.05, 0) is 69.0 Å². The van der Waals surface area contributed by atoms with Gasteiger partial charge in [-0.3, -0.25) is 28.9 Å². The summed E-state index contributed by atoms with van der Waals surface area (Å²) < 4.78 is 12.1. The number of likely N-dealkylation sites (N-methyl/N-ethyl adjacent to an activating group) is 2. The largest absolute Gasteiger partial charge is 0.379 e. The second kappa shape index (κ2) is 24.8. The van der Waals surface area contributed by atoms with Crippen molar-refractivity contribution in [2.24, 2.45) is 29.6 Å². The summed E-state index contributed by atoms with van der Waals surface area (Å²) in [6, 6.07) is 6.93. The maximum atomic E-state index is 14.4. The van der Waals surface area contributed by atoms with E-state index in [2.05, 4.69) is 22.9 Å². The molecule has 340 valence electrons. The van der Waals surface area contributed by atoms with Crippen molar-refractivity contribution in [2.75, 3.05) is 48.5 Å². The molecule has 0 aromatic heterocycles. The van der Waals surface area contributed by atoms with Gasteiger partial charge in [0.05, 0.1) is 42.7 Å². The summed E-state index contributed by atoms with van der Waals surface area (Å²) in [4.78, 5) is 75.3. The zero-order valence-electron chi connectivity index (χ0n) is 39.0. The molecular weight excluding hydrogens is 761 g/mol. The molecule has 5 amide bonds.